The lowest BCUT2D eigenvalue weighted by Crippen LogP contribution is -2.02. The second-order valence-electron chi connectivity index (χ2n) is 5.69. The fourth-order valence-corrected chi connectivity index (χ4v) is 2.42. The Morgan fingerprint density at radius 3 is 1.42 bits per heavy atom. The SMILES string of the molecule is CCCCCCCCCCCCCCCC(=O)CO. The van der Waals surface area contributed by atoms with Crippen LogP contribution in [-0.4, -0.2) is 17.5 Å². The van der Waals surface area contributed by atoms with Crippen LogP contribution >= 0.6 is 0 Å². The van der Waals surface area contributed by atoms with Crippen LogP contribution in [0.1, 0.15) is 96.8 Å². The summed E-state index contributed by atoms with van der Waals surface area (Å²) in [5.74, 6) is -0.0110. The van der Waals surface area contributed by atoms with Gasteiger partial charge in [-0.3, -0.25) is 4.79 Å². The Hall–Kier alpha value is -0.370. The molecular weight excluding hydrogens is 236 g/mol. The van der Waals surface area contributed by atoms with E-state index in [1.165, 1.54) is 70.6 Å². The Balaban J connectivity index is 2.97. The van der Waals surface area contributed by atoms with Crippen LogP contribution in [0.2, 0.25) is 0 Å². The van der Waals surface area contributed by atoms with Crippen molar-refractivity contribution in [2.24, 2.45) is 0 Å². The number of carbonyl (C=O) groups is 1. The summed E-state index contributed by atoms with van der Waals surface area (Å²) in [5, 5.41) is 8.58. The predicted octanol–water partition coefficient (Wildman–Crippen LogP) is 5.03. The molecule has 0 radical (unpaired) electrons. The maximum absolute atomic E-state index is 10.9. The fourth-order valence-electron chi connectivity index (χ4n) is 2.42. The van der Waals surface area contributed by atoms with E-state index in [1.54, 1.807) is 0 Å². The highest BCUT2D eigenvalue weighted by atomic mass is 16.3. The standard InChI is InChI=1S/C17H34O2/c1-2-3-4-5-6-7-8-9-10-11-12-13-14-15-17(19)16-18/h18H,2-16H2,1H3. The van der Waals surface area contributed by atoms with Gasteiger partial charge in [-0.15, -0.1) is 0 Å². The first-order chi connectivity index (χ1) is 9.31. The van der Waals surface area contributed by atoms with Crippen molar-refractivity contribution in [1.82, 2.24) is 0 Å². The highest BCUT2D eigenvalue weighted by Crippen LogP contribution is 2.12. The van der Waals surface area contributed by atoms with Crippen molar-refractivity contribution < 1.29 is 9.90 Å². The first-order valence-corrected chi connectivity index (χ1v) is 8.43. The van der Waals surface area contributed by atoms with Crippen LogP contribution in [0.25, 0.3) is 0 Å². The molecule has 0 atom stereocenters. The highest BCUT2D eigenvalue weighted by molar-refractivity contribution is 5.79. The zero-order chi connectivity index (χ0) is 14.2. The molecule has 0 aliphatic heterocycles. The van der Waals surface area contributed by atoms with E-state index >= 15 is 0 Å². The van der Waals surface area contributed by atoms with Gasteiger partial charge in [-0.25, -0.2) is 0 Å². The van der Waals surface area contributed by atoms with Gasteiger partial charge in [-0.05, 0) is 6.42 Å². The highest BCUT2D eigenvalue weighted by Gasteiger charge is 1.98. The third kappa shape index (κ3) is 15.6. The van der Waals surface area contributed by atoms with Gasteiger partial charge in [0.1, 0.15) is 6.61 Å². The summed E-state index contributed by atoms with van der Waals surface area (Å²) in [7, 11) is 0. The zero-order valence-electron chi connectivity index (χ0n) is 13.0. The third-order valence-corrected chi connectivity index (χ3v) is 3.74. The molecule has 0 unspecified atom stereocenters. The Kier molecular flexibility index (Phi) is 15.4. The van der Waals surface area contributed by atoms with E-state index in [0.717, 1.165) is 12.8 Å². The molecule has 114 valence electrons. The van der Waals surface area contributed by atoms with Crippen molar-refractivity contribution in [2.75, 3.05) is 6.61 Å². The molecule has 0 amide bonds. The summed E-state index contributed by atoms with van der Waals surface area (Å²) < 4.78 is 0. The molecule has 19 heavy (non-hydrogen) atoms. The van der Waals surface area contributed by atoms with Crippen LogP contribution in [0.4, 0.5) is 0 Å². The molecule has 0 rings (SSSR count). The van der Waals surface area contributed by atoms with Gasteiger partial charge in [0.25, 0.3) is 0 Å². The molecule has 1 N–H and O–H groups in total. The molecule has 0 spiro atoms. The first kappa shape index (κ1) is 18.6. The maximum atomic E-state index is 10.9. The van der Waals surface area contributed by atoms with E-state index in [2.05, 4.69) is 6.92 Å². The molecule has 0 aliphatic rings. The van der Waals surface area contributed by atoms with Crippen molar-refractivity contribution >= 4 is 5.78 Å². The third-order valence-electron chi connectivity index (χ3n) is 3.74. The number of hydrogen-bond donors (Lipinski definition) is 1. The predicted molar refractivity (Wildman–Crippen MR) is 82.4 cm³/mol. The Labute approximate surface area is 120 Å². The van der Waals surface area contributed by atoms with E-state index in [1.807, 2.05) is 0 Å². The maximum Gasteiger partial charge on any atom is 0.158 e. The number of hydrogen-bond acceptors (Lipinski definition) is 2. The summed E-state index contributed by atoms with van der Waals surface area (Å²) in [4.78, 5) is 10.9. The van der Waals surface area contributed by atoms with E-state index in [-0.39, 0.29) is 12.4 Å². The van der Waals surface area contributed by atoms with Gasteiger partial charge in [-0.1, -0.05) is 84.0 Å². The number of rotatable bonds is 15. The average molecular weight is 270 g/mol. The molecule has 0 fully saturated rings. The van der Waals surface area contributed by atoms with Crippen LogP contribution in [0.15, 0.2) is 0 Å². The molecule has 2 heteroatoms. The fraction of sp³-hybridized carbons (Fsp3) is 0.941. The van der Waals surface area contributed by atoms with E-state index in [4.69, 9.17) is 5.11 Å². The molecule has 0 aliphatic carbocycles. The Bertz CT molecular complexity index is 190. The summed E-state index contributed by atoms with van der Waals surface area (Å²) in [6.07, 6.45) is 17.8. The van der Waals surface area contributed by atoms with Crippen molar-refractivity contribution in [2.45, 2.75) is 96.8 Å². The van der Waals surface area contributed by atoms with Crippen LogP contribution in [0, 0.1) is 0 Å². The van der Waals surface area contributed by atoms with Gasteiger partial charge in [0, 0.05) is 6.42 Å². The monoisotopic (exact) mass is 270 g/mol. The lowest BCUT2D eigenvalue weighted by molar-refractivity contribution is -0.121. The molecule has 0 aromatic rings. The molecule has 0 saturated carbocycles. The summed E-state index contributed by atoms with van der Waals surface area (Å²) in [6, 6.07) is 0. The Morgan fingerprint density at radius 2 is 1.05 bits per heavy atom. The van der Waals surface area contributed by atoms with E-state index < -0.39 is 0 Å². The van der Waals surface area contributed by atoms with E-state index in [0.29, 0.717) is 6.42 Å². The number of ketones is 1. The Morgan fingerprint density at radius 1 is 0.684 bits per heavy atom. The smallest absolute Gasteiger partial charge is 0.158 e. The topological polar surface area (TPSA) is 37.3 Å². The van der Waals surface area contributed by atoms with Gasteiger partial charge in [0.05, 0.1) is 0 Å². The van der Waals surface area contributed by atoms with Crippen LogP contribution in [0.5, 0.6) is 0 Å². The van der Waals surface area contributed by atoms with Crippen LogP contribution in [0.3, 0.4) is 0 Å². The van der Waals surface area contributed by atoms with Crippen molar-refractivity contribution in [3.8, 4) is 0 Å². The van der Waals surface area contributed by atoms with Gasteiger partial charge in [0.15, 0.2) is 5.78 Å². The minimum atomic E-state index is -0.280. The quantitative estimate of drug-likeness (QED) is 0.424. The second-order valence-corrected chi connectivity index (χ2v) is 5.69. The number of unbranched alkanes of at least 4 members (excludes halogenated alkanes) is 12. The van der Waals surface area contributed by atoms with Crippen molar-refractivity contribution in [3.05, 3.63) is 0 Å². The van der Waals surface area contributed by atoms with Gasteiger partial charge in [-0.2, -0.15) is 0 Å². The molecule has 0 aromatic carbocycles. The van der Waals surface area contributed by atoms with Gasteiger partial charge < -0.3 is 5.11 Å². The minimum absolute atomic E-state index is 0.0110. The van der Waals surface area contributed by atoms with Gasteiger partial charge in [0.2, 0.25) is 0 Å². The molecule has 0 heterocycles. The van der Waals surface area contributed by atoms with Crippen molar-refractivity contribution in [1.29, 1.82) is 0 Å². The number of Topliss-reactive ketones (excluding diaryl/α,β-unsaturated/α-hetero) is 1. The number of aliphatic hydroxyl groups is 1. The summed E-state index contributed by atoms with van der Waals surface area (Å²) in [5.41, 5.74) is 0. The van der Waals surface area contributed by atoms with Crippen LogP contribution in [-0.2, 0) is 4.79 Å². The van der Waals surface area contributed by atoms with Crippen molar-refractivity contribution in [3.63, 3.8) is 0 Å². The van der Waals surface area contributed by atoms with Crippen LogP contribution < -0.4 is 0 Å². The summed E-state index contributed by atoms with van der Waals surface area (Å²) >= 11 is 0. The summed E-state index contributed by atoms with van der Waals surface area (Å²) in [6.45, 7) is 1.98. The molecule has 0 bridgehead atoms. The lowest BCUT2D eigenvalue weighted by Gasteiger charge is -2.02. The second kappa shape index (κ2) is 15.7. The first-order valence-electron chi connectivity index (χ1n) is 8.43. The minimum Gasteiger partial charge on any atom is -0.389 e. The van der Waals surface area contributed by atoms with Gasteiger partial charge >= 0.3 is 0 Å². The molecule has 0 saturated heterocycles. The zero-order valence-corrected chi connectivity index (χ0v) is 13.0. The molecule has 0 aromatic heterocycles. The molecule has 2 nitrogen and oxygen atoms in total. The number of aliphatic hydroxyl groups excluding tert-OH is 1. The lowest BCUT2D eigenvalue weighted by atomic mass is 10.0. The van der Waals surface area contributed by atoms with E-state index in [9.17, 15) is 4.79 Å². The number of carbonyl (C=O) groups excluding carboxylic acids is 1. The molecular formula is C17H34O2. The normalized spacial score (nSPS) is 10.8. The largest absolute Gasteiger partial charge is 0.389 e. The average Bonchev–Trinajstić information content (AvgIpc) is 2.43.